The number of anilines is 4. The Morgan fingerprint density at radius 3 is 2.47 bits per heavy atom. The van der Waals surface area contributed by atoms with Crippen LogP contribution in [-0.2, 0) is 16.1 Å². The molecule has 0 amide bonds. The normalized spacial score (nSPS) is 13.4. The highest BCUT2D eigenvalue weighted by Gasteiger charge is 2.21. The van der Waals surface area contributed by atoms with Crippen LogP contribution in [0.5, 0.6) is 11.5 Å². The fourth-order valence-electron chi connectivity index (χ4n) is 3.53. The minimum absolute atomic E-state index is 0.192. The van der Waals surface area contributed by atoms with Crippen LogP contribution in [0, 0.1) is 6.92 Å². The van der Waals surface area contributed by atoms with Crippen molar-refractivity contribution < 1.29 is 19.0 Å². The van der Waals surface area contributed by atoms with Crippen LogP contribution in [-0.4, -0.2) is 54.4 Å². The van der Waals surface area contributed by atoms with Gasteiger partial charge < -0.3 is 30.6 Å². The Morgan fingerprint density at radius 2 is 1.79 bits per heavy atom. The van der Waals surface area contributed by atoms with Gasteiger partial charge in [-0.05, 0) is 42.3 Å². The van der Waals surface area contributed by atoms with Crippen LogP contribution in [0.2, 0.25) is 0 Å². The minimum Gasteiger partial charge on any atom is -0.493 e. The number of rotatable bonds is 10. The molecule has 0 saturated carbocycles. The molecule has 0 aliphatic carbocycles. The molecule has 1 aromatic heterocycles. The average Bonchev–Trinajstić information content (AvgIpc) is 3.24. The second-order valence-corrected chi connectivity index (χ2v) is 7.82. The Hall–Kier alpha value is -3.89. The number of benzene rings is 2. The molecule has 4 N–H and O–H groups in total. The lowest BCUT2D eigenvalue weighted by Gasteiger charge is -2.15. The van der Waals surface area contributed by atoms with Gasteiger partial charge in [0.25, 0.3) is 0 Å². The van der Waals surface area contributed by atoms with Gasteiger partial charge in [0.1, 0.15) is 31.3 Å². The number of hydrogen-bond acceptors (Lipinski definition) is 10. The number of hydrogen-bond donors (Lipinski definition) is 3. The van der Waals surface area contributed by atoms with Gasteiger partial charge in [0, 0.05) is 36.6 Å². The molecular formula is C24H28N6O4. The molecule has 1 saturated heterocycles. The summed E-state index contributed by atoms with van der Waals surface area (Å²) >= 11 is 0. The average molecular weight is 465 g/mol. The van der Waals surface area contributed by atoms with Crippen LogP contribution < -0.4 is 25.8 Å². The second-order valence-electron chi connectivity index (χ2n) is 7.82. The Bertz CT molecular complexity index is 1160. The van der Waals surface area contributed by atoms with Crippen molar-refractivity contribution in [2.24, 2.45) is 5.73 Å². The number of methoxy groups -OCH3 is 1. The standard InChI is InChI=1S/C24H28N6O4/c1-16-3-4-18(9-17(16)12-30-13-24(31)34-15-30)28-22-11-23(27-14-26-22)29-19-5-6-20(32-2)21(10-19)33-8-7-25/h3-6,9-11,14H,7-8,12-13,15,25H2,1-2H3,(H2,26,27,28,29). The first-order chi connectivity index (χ1) is 16.5. The Labute approximate surface area is 198 Å². The number of aromatic nitrogens is 2. The van der Waals surface area contributed by atoms with Crippen LogP contribution in [0.3, 0.4) is 0 Å². The molecule has 0 bridgehead atoms. The van der Waals surface area contributed by atoms with Gasteiger partial charge in [0.2, 0.25) is 0 Å². The van der Waals surface area contributed by atoms with Crippen LogP contribution in [0.4, 0.5) is 23.0 Å². The Balaban J connectivity index is 1.46. The van der Waals surface area contributed by atoms with E-state index in [1.165, 1.54) is 6.33 Å². The number of ether oxygens (including phenoxy) is 3. The fraction of sp³-hybridized carbons (Fsp3) is 0.292. The molecule has 4 rings (SSSR count). The zero-order valence-corrected chi connectivity index (χ0v) is 19.2. The maximum atomic E-state index is 11.4. The Kier molecular flexibility index (Phi) is 7.41. The first-order valence-electron chi connectivity index (χ1n) is 10.9. The molecule has 3 aromatic rings. The molecule has 2 heterocycles. The molecule has 10 nitrogen and oxygen atoms in total. The van der Waals surface area contributed by atoms with Crippen molar-refractivity contribution in [3.8, 4) is 11.5 Å². The third kappa shape index (κ3) is 5.91. The van der Waals surface area contributed by atoms with Gasteiger partial charge in [-0.3, -0.25) is 9.69 Å². The van der Waals surface area contributed by atoms with E-state index in [0.29, 0.717) is 56.1 Å². The van der Waals surface area contributed by atoms with Gasteiger partial charge in [-0.25, -0.2) is 9.97 Å². The molecular weight excluding hydrogens is 436 g/mol. The molecule has 2 aromatic carbocycles. The first-order valence-corrected chi connectivity index (χ1v) is 10.9. The maximum Gasteiger partial charge on any atom is 0.321 e. The van der Waals surface area contributed by atoms with Crippen molar-refractivity contribution in [1.29, 1.82) is 0 Å². The molecule has 0 unspecified atom stereocenters. The van der Waals surface area contributed by atoms with Gasteiger partial charge >= 0.3 is 5.97 Å². The summed E-state index contributed by atoms with van der Waals surface area (Å²) in [7, 11) is 1.59. The number of nitrogens with one attached hydrogen (secondary N) is 2. The third-order valence-electron chi connectivity index (χ3n) is 5.25. The number of nitrogens with two attached hydrogens (primary N) is 1. The van der Waals surface area contributed by atoms with Gasteiger partial charge in [-0.1, -0.05) is 6.07 Å². The van der Waals surface area contributed by atoms with E-state index < -0.39 is 0 Å². The quantitative estimate of drug-likeness (QED) is 0.386. The number of carbonyl (C=O) groups is 1. The molecule has 1 aliphatic rings. The molecule has 0 spiro atoms. The summed E-state index contributed by atoms with van der Waals surface area (Å²) in [5, 5.41) is 6.58. The molecule has 34 heavy (non-hydrogen) atoms. The van der Waals surface area contributed by atoms with Crippen molar-refractivity contribution in [3.05, 3.63) is 59.9 Å². The summed E-state index contributed by atoms with van der Waals surface area (Å²) in [5.74, 6) is 2.29. The molecule has 1 aliphatic heterocycles. The molecule has 10 heteroatoms. The van der Waals surface area contributed by atoms with Gasteiger partial charge in [0.15, 0.2) is 11.5 Å². The van der Waals surface area contributed by atoms with Gasteiger partial charge in [0.05, 0.1) is 13.7 Å². The maximum absolute atomic E-state index is 11.4. The molecule has 1 fully saturated rings. The predicted molar refractivity (Wildman–Crippen MR) is 129 cm³/mol. The topological polar surface area (TPSA) is 124 Å². The summed E-state index contributed by atoms with van der Waals surface area (Å²) in [4.78, 5) is 22.0. The largest absolute Gasteiger partial charge is 0.493 e. The van der Waals surface area contributed by atoms with Crippen molar-refractivity contribution in [2.45, 2.75) is 13.5 Å². The number of cyclic esters (lactones) is 1. The van der Waals surface area contributed by atoms with Gasteiger partial charge in [-0.2, -0.15) is 0 Å². The van der Waals surface area contributed by atoms with Crippen LogP contribution in [0.15, 0.2) is 48.8 Å². The molecule has 0 radical (unpaired) electrons. The van der Waals surface area contributed by atoms with Gasteiger partial charge in [-0.15, -0.1) is 0 Å². The zero-order chi connectivity index (χ0) is 23.9. The highest BCUT2D eigenvalue weighted by Crippen LogP contribution is 2.31. The first kappa shape index (κ1) is 23.3. The smallest absolute Gasteiger partial charge is 0.321 e. The number of nitrogens with zero attached hydrogens (tertiary/aromatic N) is 3. The SMILES string of the molecule is COc1ccc(Nc2cc(Nc3ccc(C)c(CN4COC(=O)C4)c3)ncn2)cc1OCCN. The van der Waals surface area contributed by atoms with Crippen LogP contribution in [0.1, 0.15) is 11.1 Å². The van der Waals surface area contributed by atoms with E-state index in [2.05, 4.69) is 26.7 Å². The summed E-state index contributed by atoms with van der Waals surface area (Å²) in [6.07, 6.45) is 1.49. The van der Waals surface area contributed by atoms with E-state index in [9.17, 15) is 4.79 Å². The van der Waals surface area contributed by atoms with E-state index >= 15 is 0 Å². The lowest BCUT2D eigenvalue weighted by Crippen LogP contribution is -2.20. The summed E-state index contributed by atoms with van der Waals surface area (Å²) in [5.41, 5.74) is 9.47. The number of carbonyl (C=O) groups excluding carboxylic acids is 1. The van der Waals surface area contributed by atoms with Crippen molar-refractivity contribution in [2.75, 3.05) is 44.2 Å². The Morgan fingerprint density at radius 1 is 1.06 bits per heavy atom. The highest BCUT2D eigenvalue weighted by atomic mass is 16.6. The third-order valence-corrected chi connectivity index (χ3v) is 5.25. The summed E-state index contributed by atoms with van der Waals surface area (Å²) in [6, 6.07) is 13.4. The van der Waals surface area contributed by atoms with E-state index in [1.54, 1.807) is 7.11 Å². The monoisotopic (exact) mass is 464 g/mol. The zero-order valence-electron chi connectivity index (χ0n) is 19.2. The molecule has 178 valence electrons. The van der Waals surface area contributed by atoms with E-state index in [4.69, 9.17) is 19.9 Å². The highest BCUT2D eigenvalue weighted by molar-refractivity contribution is 5.73. The summed E-state index contributed by atoms with van der Waals surface area (Å²) in [6.45, 7) is 4.11. The number of aryl methyl sites for hydroxylation is 1. The van der Waals surface area contributed by atoms with Crippen molar-refractivity contribution >= 4 is 29.0 Å². The minimum atomic E-state index is -0.192. The lowest BCUT2D eigenvalue weighted by atomic mass is 10.1. The van der Waals surface area contributed by atoms with E-state index in [0.717, 1.165) is 22.5 Å². The van der Waals surface area contributed by atoms with Crippen molar-refractivity contribution in [1.82, 2.24) is 14.9 Å². The predicted octanol–water partition coefficient (Wildman–Crippen LogP) is 2.93. The summed E-state index contributed by atoms with van der Waals surface area (Å²) < 4.78 is 16.0. The number of esters is 1. The van der Waals surface area contributed by atoms with E-state index in [-0.39, 0.29) is 5.97 Å². The van der Waals surface area contributed by atoms with Crippen LogP contribution >= 0.6 is 0 Å². The second kappa shape index (κ2) is 10.8. The van der Waals surface area contributed by atoms with Crippen molar-refractivity contribution in [3.63, 3.8) is 0 Å². The molecule has 0 atom stereocenters. The lowest BCUT2D eigenvalue weighted by molar-refractivity contribution is -0.136. The van der Waals surface area contributed by atoms with Crippen LogP contribution in [0.25, 0.3) is 0 Å². The van der Waals surface area contributed by atoms with E-state index in [1.807, 2.05) is 48.2 Å². The fourth-order valence-corrected chi connectivity index (χ4v) is 3.53.